The van der Waals surface area contributed by atoms with Gasteiger partial charge in [0, 0.05) is 5.56 Å². The van der Waals surface area contributed by atoms with Crippen molar-refractivity contribution in [2.45, 2.75) is 9.83 Å². The second-order valence-corrected chi connectivity index (χ2v) is 8.29. The van der Waals surface area contributed by atoms with E-state index >= 15 is 0 Å². The third-order valence-electron chi connectivity index (χ3n) is 2.88. The van der Waals surface area contributed by atoms with Gasteiger partial charge >= 0.3 is 0 Å². The summed E-state index contributed by atoms with van der Waals surface area (Å²) in [5, 5.41) is 0. The van der Waals surface area contributed by atoms with E-state index in [1.165, 1.54) is 23.5 Å². The van der Waals surface area contributed by atoms with E-state index in [1.54, 1.807) is 14.2 Å². The minimum Gasteiger partial charge on any atom is -0.497 e. The standard InChI is InChI=1S/C13H18O2S3/c1-14-10-5-6-12(15-2)11(9-10)13(16-3)17-7-4-8-18-13/h5-6,9H,4,7-8H2,1-3H3. The Bertz CT molecular complexity index is 403. The first-order chi connectivity index (χ1) is 8.75. The molecule has 100 valence electrons. The van der Waals surface area contributed by atoms with Gasteiger partial charge in [0.25, 0.3) is 0 Å². The Morgan fingerprint density at radius 1 is 1.17 bits per heavy atom. The van der Waals surface area contributed by atoms with E-state index in [2.05, 4.69) is 12.3 Å². The number of rotatable bonds is 4. The summed E-state index contributed by atoms with van der Waals surface area (Å²) in [7, 11) is 3.44. The van der Waals surface area contributed by atoms with Crippen LogP contribution in [0.15, 0.2) is 18.2 Å². The van der Waals surface area contributed by atoms with Crippen molar-refractivity contribution in [3.05, 3.63) is 23.8 Å². The molecule has 1 aromatic carbocycles. The van der Waals surface area contributed by atoms with Crippen molar-refractivity contribution in [2.24, 2.45) is 0 Å². The van der Waals surface area contributed by atoms with E-state index in [0.717, 1.165) is 11.5 Å². The van der Waals surface area contributed by atoms with E-state index in [1.807, 2.05) is 47.4 Å². The predicted molar refractivity (Wildman–Crippen MR) is 84.3 cm³/mol. The van der Waals surface area contributed by atoms with Gasteiger partial charge in [0.1, 0.15) is 14.9 Å². The number of thioether (sulfide) groups is 3. The van der Waals surface area contributed by atoms with Crippen LogP contribution in [0, 0.1) is 0 Å². The molecule has 0 aromatic heterocycles. The third kappa shape index (κ3) is 2.73. The van der Waals surface area contributed by atoms with Crippen molar-refractivity contribution in [2.75, 3.05) is 32.0 Å². The molecule has 0 amide bonds. The fourth-order valence-electron chi connectivity index (χ4n) is 1.95. The Kier molecular flexibility index (Phi) is 5.04. The van der Waals surface area contributed by atoms with Crippen molar-refractivity contribution < 1.29 is 9.47 Å². The normalized spacial score (nSPS) is 18.4. The second kappa shape index (κ2) is 6.35. The highest BCUT2D eigenvalue weighted by atomic mass is 32.3. The molecule has 1 heterocycles. The summed E-state index contributed by atoms with van der Waals surface area (Å²) in [4.78, 5) is 0. The lowest BCUT2D eigenvalue weighted by Crippen LogP contribution is -2.19. The van der Waals surface area contributed by atoms with Crippen molar-refractivity contribution in [1.29, 1.82) is 0 Å². The highest BCUT2D eigenvalue weighted by Crippen LogP contribution is 2.59. The maximum atomic E-state index is 5.53. The summed E-state index contributed by atoms with van der Waals surface area (Å²) in [6.45, 7) is 0. The molecule has 1 aliphatic rings. The van der Waals surface area contributed by atoms with E-state index < -0.39 is 0 Å². The van der Waals surface area contributed by atoms with Crippen LogP contribution in [0.4, 0.5) is 0 Å². The van der Waals surface area contributed by atoms with E-state index in [-0.39, 0.29) is 3.41 Å². The Morgan fingerprint density at radius 2 is 1.89 bits per heavy atom. The molecular weight excluding hydrogens is 284 g/mol. The Labute approximate surface area is 122 Å². The molecule has 2 rings (SSSR count). The zero-order chi connectivity index (χ0) is 13.0. The number of benzene rings is 1. The number of hydrogen-bond donors (Lipinski definition) is 0. The molecule has 0 atom stereocenters. The molecule has 0 saturated carbocycles. The first-order valence-corrected chi connectivity index (χ1v) is 9.01. The smallest absolute Gasteiger partial charge is 0.136 e. The Balaban J connectivity index is 2.44. The summed E-state index contributed by atoms with van der Waals surface area (Å²) in [5.41, 5.74) is 1.23. The second-order valence-electron chi connectivity index (χ2n) is 3.88. The van der Waals surface area contributed by atoms with Crippen molar-refractivity contribution in [1.82, 2.24) is 0 Å². The van der Waals surface area contributed by atoms with Crippen LogP contribution in [0.1, 0.15) is 12.0 Å². The maximum absolute atomic E-state index is 5.53. The molecule has 0 bridgehead atoms. The largest absolute Gasteiger partial charge is 0.497 e. The van der Waals surface area contributed by atoms with E-state index in [4.69, 9.17) is 9.47 Å². The van der Waals surface area contributed by atoms with Gasteiger partial charge in [0.2, 0.25) is 0 Å². The Hall–Kier alpha value is -0.130. The number of hydrogen-bond acceptors (Lipinski definition) is 5. The average Bonchev–Trinajstić information content (AvgIpc) is 2.47. The summed E-state index contributed by atoms with van der Waals surface area (Å²) in [6.07, 6.45) is 3.45. The summed E-state index contributed by atoms with van der Waals surface area (Å²) < 4.78 is 10.9. The van der Waals surface area contributed by atoms with Gasteiger partial charge < -0.3 is 9.47 Å². The molecule has 1 aliphatic heterocycles. The lowest BCUT2D eigenvalue weighted by atomic mass is 10.2. The summed E-state index contributed by atoms with van der Waals surface area (Å²) >= 11 is 5.89. The molecular formula is C13H18O2S3. The van der Waals surface area contributed by atoms with Gasteiger partial charge in [-0.15, -0.1) is 35.3 Å². The van der Waals surface area contributed by atoms with Gasteiger partial charge in [-0.2, -0.15) is 0 Å². The molecule has 1 aromatic rings. The third-order valence-corrected chi connectivity index (χ3v) is 8.24. The molecule has 2 nitrogen and oxygen atoms in total. The van der Waals surface area contributed by atoms with Crippen molar-refractivity contribution >= 4 is 35.3 Å². The van der Waals surface area contributed by atoms with Crippen LogP contribution in [0.25, 0.3) is 0 Å². The van der Waals surface area contributed by atoms with E-state index in [9.17, 15) is 0 Å². The molecule has 18 heavy (non-hydrogen) atoms. The highest BCUT2D eigenvalue weighted by Gasteiger charge is 2.37. The minimum atomic E-state index is 0.0398. The van der Waals surface area contributed by atoms with Crippen LogP contribution in [0.5, 0.6) is 11.5 Å². The lowest BCUT2D eigenvalue weighted by molar-refractivity contribution is 0.399. The fourth-order valence-corrected chi connectivity index (χ4v) is 6.53. The van der Waals surface area contributed by atoms with Gasteiger partial charge in [-0.3, -0.25) is 0 Å². The van der Waals surface area contributed by atoms with Gasteiger partial charge in [0.15, 0.2) is 0 Å². The first-order valence-electron chi connectivity index (χ1n) is 5.81. The zero-order valence-electron chi connectivity index (χ0n) is 10.9. The zero-order valence-corrected chi connectivity index (χ0v) is 13.3. The summed E-state index contributed by atoms with van der Waals surface area (Å²) in [5.74, 6) is 4.25. The fraction of sp³-hybridized carbons (Fsp3) is 0.538. The van der Waals surface area contributed by atoms with Gasteiger partial charge in [-0.05, 0) is 42.4 Å². The molecule has 0 radical (unpaired) electrons. The molecule has 0 aliphatic carbocycles. The molecule has 0 spiro atoms. The topological polar surface area (TPSA) is 18.5 Å². The quantitative estimate of drug-likeness (QED) is 0.833. The minimum absolute atomic E-state index is 0.0398. The Morgan fingerprint density at radius 3 is 2.44 bits per heavy atom. The first kappa shape index (κ1) is 14.3. The van der Waals surface area contributed by atoms with Crippen LogP contribution >= 0.6 is 35.3 Å². The lowest BCUT2D eigenvalue weighted by Gasteiger charge is -2.35. The average molecular weight is 302 g/mol. The number of ether oxygens (including phenoxy) is 2. The molecule has 5 heteroatoms. The van der Waals surface area contributed by atoms with Crippen LogP contribution in [0.2, 0.25) is 0 Å². The highest BCUT2D eigenvalue weighted by molar-refractivity contribution is 8.32. The van der Waals surface area contributed by atoms with Crippen LogP contribution in [0.3, 0.4) is 0 Å². The van der Waals surface area contributed by atoms with E-state index in [0.29, 0.717) is 0 Å². The molecule has 1 fully saturated rings. The van der Waals surface area contributed by atoms with Gasteiger partial charge in [-0.1, -0.05) is 0 Å². The monoisotopic (exact) mass is 302 g/mol. The SMILES string of the molecule is COc1ccc(OC)c(C2(SC)SCCCS2)c1. The van der Waals surface area contributed by atoms with Gasteiger partial charge in [-0.25, -0.2) is 0 Å². The van der Waals surface area contributed by atoms with Crippen LogP contribution in [-0.4, -0.2) is 32.0 Å². The maximum Gasteiger partial charge on any atom is 0.136 e. The molecule has 0 N–H and O–H groups in total. The number of methoxy groups -OCH3 is 2. The predicted octanol–water partition coefficient (Wildman–Crippen LogP) is 4.05. The molecule has 0 unspecified atom stereocenters. The summed E-state index contributed by atoms with van der Waals surface area (Å²) in [6, 6.07) is 6.07. The van der Waals surface area contributed by atoms with Crippen molar-refractivity contribution in [3.63, 3.8) is 0 Å². The van der Waals surface area contributed by atoms with Crippen LogP contribution < -0.4 is 9.47 Å². The molecule has 1 saturated heterocycles. The van der Waals surface area contributed by atoms with Crippen LogP contribution in [-0.2, 0) is 3.41 Å². The van der Waals surface area contributed by atoms with Gasteiger partial charge in [0.05, 0.1) is 14.2 Å². The van der Waals surface area contributed by atoms with Crippen molar-refractivity contribution in [3.8, 4) is 11.5 Å².